The molecule has 3 aromatic rings. The Morgan fingerprint density at radius 3 is 2.83 bits per heavy atom. The van der Waals surface area contributed by atoms with Gasteiger partial charge in [-0.05, 0) is 29.8 Å². The van der Waals surface area contributed by atoms with Crippen LogP contribution in [0.2, 0.25) is 0 Å². The molecule has 0 unspecified atom stereocenters. The Kier molecular flexibility index (Phi) is 4.47. The number of nitrogens with one attached hydrogen (secondary N) is 1. The van der Waals surface area contributed by atoms with Crippen LogP contribution < -0.4 is 0 Å². The first-order valence-electron chi connectivity index (χ1n) is 7.48. The fraction of sp³-hybridized carbons (Fsp3) is 0.167. The van der Waals surface area contributed by atoms with Gasteiger partial charge in [-0.2, -0.15) is 5.10 Å². The number of likely N-dealkylation sites (N-methyl/N-ethyl adjacent to an activating group) is 1. The van der Waals surface area contributed by atoms with Gasteiger partial charge in [0.15, 0.2) is 0 Å². The number of nitrogens with zero attached hydrogens (tertiary/aromatic N) is 3. The number of H-pyrrole nitrogens is 1. The van der Waals surface area contributed by atoms with E-state index in [1.54, 1.807) is 17.3 Å². The molecule has 0 radical (unpaired) electrons. The first-order valence-corrected chi connectivity index (χ1v) is 7.48. The zero-order valence-corrected chi connectivity index (χ0v) is 12.9. The molecule has 1 amide bonds. The smallest absolute Gasteiger partial charge is 0.253 e. The van der Waals surface area contributed by atoms with Crippen LogP contribution >= 0.6 is 0 Å². The van der Waals surface area contributed by atoms with Gasteiger partial charge in [-0.3, -0.25) is 14.9 Å². The van der Waals surface area contributed by atoms with Gasteiger partial charge in [0.05, 0.1) is 6.20 Å². The highest BCUT2D eigenvalue weighted by Crippen LogP contribution is 2.19. The van der Waals surface area contributed by atoms with Crippen molar-refractivity contribution in [2.45, 2.75) is 6.42 Å². The first kappa shape index (κ1) is 15.0. The minimum absolute atomic E-state index is 0.00581. The van der Waals surface area contributed by atoms with Gasteiger partial charge in [0.2, 0.25) is 0 Å². The van der Waals surface area contributed by atoms with Gasteiger partial charge in [0, 0.05) is 49.2 Å². The molecule has 116 valence electrons. The number of hydrogen-bond acceptors (Lipinski definition) is 3. The fourth-order valence-corrected chi connectivity index (χ4v) is 2.39. The summed E-state index contributed by atoms with van der Waals surface area (Å²) in [6.45, 7) is 0.631. The lowest BCUT2D eigenvalue weighted by Crippen LogP contribution is -2.29. The van der Waals surface area contributed by atoms with Gasteiger partial charge in [0.1, 0.15) is 0 Å². The van der Waals surface area contributed by atoms with E-state index in [-0.39, 0.29) is 5.91 Å². The number of carbonyl (C=O) groups excluding carboxylic acids is 1. The van der Waals surface area contributed by atoms with Crippen molar-refractivity contribution in [2.24, 2.45) is 0 Å². The van der Waals surface area contributed by atoms with Crippen LogP contribution in [0.25, 0.3) is 11.1 Å². The normalized spacial score (nSPS) is 10.5. The zero-order valence-electron chi connectivity index (χ0n) is 12.9. The first-order chi connectivity index (χ1) is 11.2. The third-order valence-corrected chi connectivity index (χ3v) is 3.72. The number of benzene rings is 1. The summed E-state index contributed by atoms with van der Waals surface area (Å²) in [7, 11) is 1.82. The molecule has 0 saturated heterocycles. The summed E-state index contributed by atoms with van der Waals surface area (Å²) >= 11 is 0. The SMILES string of the molecule is CN(CCc1ccccn1)C(=O)c1cccc(-c2cn[nH]c2)c1. The Hall–Kier alpha value is -2.95. The number of aromatic nitrogens is 3. The van der Waals surface area contributed by atoms with E-state index in [0.29, 0.717) is 12.1 Å². The minimum atomic E-state index is 0.00581. The molecule has 0 bridgehead atoms. The summed E-state index contributed by atoms with van der Waals surface area (Å²) in [4.78, 5) is 18.6. The molecular formula is C18H18N4O. The molecule has 0 aliphatic heterocycles. The van der Waals surface area contributed by atoms with E-state index in [9.17, 15) is 4.79 Å². The zero-order chi connectivity index (χ0) is 16.1. The summed E-state index contributed by atoms with van der Waals surface area (Å²) in [6.07, 6.45) is 6.07. The molecule has 3 rings (SSSR count). The predicted octanol–water partition coefficient (Wildman–Crippen LogP) is 2.79. The molecule has 0 atom stereocenters. The Balaban J connectivity index is 1.69. The van der Waals surface area contributed by atoms with Crippen LogP contribution in [0.3, 0.4) is 0 Å². The lowest BCUT2D eigenvalue weighted by molar-refractivity contribution is 0.0796. The van der Waals surface area contributed by atoms with E-state index in [1.165, 1.54) is 0 Å². The van der Waals surface area contributed by atoms with E-state index < -0.39 is 0 Å². The van der Waals surface area contributed by atoms with Crippen molar-refractivity contribution in [3.05, 3.63) is 72.3 Å². The maximum absolute atomic E-state index is 12.6. The Morgan fingerprint density at radius 1 is 1.17 bits per heavy atom. The second-order valence-corrected chi connectivity index (χ2v) is 5.37. The number of amides is 1. The van der Waals surface area contributed by atoms with Crippen molar-refractivity contribution < 1.29 is 4.79 Å². The van der Waals surface area contributed by atoms with E-state index in [0.717, 1.165) is 23.2 Å². The van der Waals surface area contributed by atoms with Gasteiger partial charge in [-0.25, -0.2) is 0 Å². The summed E-state index contributed by atoms with van der Waals surface area (Å²) < 4.78 is 0. The topological polar surface area (TPSA) is 61.9 Å². The standard InChI is InChI=1S/C18H18N4O/c1-22(10-8-17-7-2-3-9-19-17)18(23)15-6-4-5-14(11-15)16-12-20-21-13-16/h2-7,9,11-13H,8,10H2,1H3,(H,20,21). The lowest BCUT2D eigenvalue weighted by atomic mass is 10.1. The Labute approximate surface area is 135 Å². The average Bonchev–Trinajstić information content (AvgIpc) is 3.15. The van der Waals surface area contributed by atoms with E-state index >= 15 is 0 Å². The number of carbonyl (C=O) groups is 1. The van der Waals surface area contributed by atoms with Gasteiger partial charge in [-0.1, -0.05) is 18.2 Å². The van der Waals surface area contributed by atoms with E-state index in [1.807, 2.05) is 55.7 Å². The van der Waals surface area contributed by atoms with Crippen LogP contribution in [0.5, 0.6) is 0 Å². The Morgan fingerprint density at radius 2 is 2.09 bits per heavy atom. The molecule has 5 nitrogen and oxygen atoms in total. The Bertz CT molecular complexity index is 769. The highest BCUT2D eigenvalue weighted by atomic mass is 16.2. The second-order valence-electron chi connectivity index (χ2n) is 5.37. The molecule has 1 aromatic carbocycles. The lowest BCUT2D eigenvalue weighted by Gasteiger charge is -2.17. The molecular weight excluding hydrogens is 288 g/mol. The average molecular weight is 306 g/mol. The summed E-state index contributed by atoms with van der Waals surface area (Å²) in [5.74, 6) is 0.00581. The quantitative estimate of drug-likeness (QED) is 0.788. The number of aromatic amines is 1. The van der Waals surface area contributed by atoms with Gasteiger partial charge in [-0.15, -0.1) is 0 Å². The van der Waals surface area contributed by atoms with Gasteiger partial charge >= 0.3 is 0 Å². The van der Waals surface area contributed by atoms with Crippen LogP contribution in [0.15, 0.2) is 61.1 Å². The van der Waals surface area contributed by atoms with Gasteiger partial charge < -0.3 is 4.90 Å². The number of hydrogen-bond donors (Lipinski definition) is 1. The van der Waals surface area contributed by atoms with Crippen LogP contribution in [-0.4, -0.2) is 39.6 Å². The molecule has 0 aliphatic carbocycles. The molecule has 2 aromatic heterocycles. The molecule has 1 N–H and O–H groups in total. The van der Waals surface area contributed by atoms with Crippen molar-refractivity contribution in [1.82, 2.24) is 20.1 Å². The van der Waals surface area contributed by atoms with Crippen LogP contribution in [0.4, 0.5) is 0 Å². The molecule has 2 heterocycles. The van der Waals surface area contributed by atoms with Crippen molar-refractivity contribution in [3.63, 3.8) is 0 Å². The molecule has 0 saturated carbocycles. The van der Waals surface area contributed by atoms with Crippen molar-refractivity contribution >= 4 is 5.91 Å². The van der Waals surface area contributed by atoms with Crippen molar-refractivity contribution in [2.75, 3.05) is 13.6 Å². The second kappa shape index (κ2) is 6.87. The summed E-state index contributed by atoms with van der Waals surface area (Å²) in [5, 5.41) is 6.73. The van der Waals surface area contributed by atoms with Crippen molar-refractivity contribution in [3.8, 4) is 11.1 Å². The monoisotopic (exact) mass is 306 g/mol. The molecule has 0 spiro atoms. The molecule has 5 heteroatoms. The number of pyridine rings is 1. The van der Waals surface area contributed by atoms with Crippen LogP contribution in [-0.2, 0) is 6.42 Å². The van der Waals surface area contributed by atoms with E-state index in [2.05, 4.69) is 15.2 Å². The molecule has 23 heavy (non-hydrogen) atoms. The molecule has 0 aliphatic rings. The largest absolute Gasteiger partial charge is 0.341 e. The summed E-state index contributed by atoms with van der Waals surface area (Å²) in [6, 6.07) is 13.4. The third-order valence-electron chi connectivity index (χ3n) is 3.72. The summed E-state index contributed by atoms with van der Waals surface area (Å²) in [5.41, 5.74) is 3.60. The predicted molar refractivity (Wildman–Crippen MR) is 88.9 cm³/mol. The van der Waals surface area contributed by atoms with Crippen molar-refractivity contribution in [1.29, 1.82) is 0 Å². The fourth-order valence-electron chi connectivity index (χ4n) is 2.39. The number of rotatable bonds is 5. The highest BCUT2D eigenvalue weighted by Gasteiger charge is 2.12. The van der Waals surface area contributed by atoms with E-state index in [4.69, 9.17) is 0 Å². The van der Waals surface area contributed by atoms with Gasteiger partial charge in [0.25, 0.3) is 5.91 Å². The maximum atomic E-state index is 12.6. The van der Waals surface area contributed by atoms with Crippen LogP contribution in [0, 0.1) is 0 Å². The van der Waals surface area contributed by atoms with Crippen LogP contribution in [0.1, 0.15) is 16.1 Å². The highest BCUT2D eigenvalue weighted by molar-refractivity contribution is 5.95. The maximum Gasteiger partial charge on any atom is 0.253 e. The molecule has 0 fully saturated rings. The third kappa shape index (κ3) is 3.63. The minimum Gasteiger partial charge on any atom is -0.341 e.